The van der Waals surface area contributed by atoms with Crippen molar-refractivity contribution in [3.63, 3.8) is 0 Å². The third-order valence-electron chi connectivity index (χ3n) is 4.68. The van der Waals surface area contributed by atoms with Crippen LogP contribution in [-0.2, 0) is 11.3 Å². The van der Waals surface area contributed by atoms with Crippen LogP contribution in [0.5, 0.6) is 11.5 Å². The topological polar surface area (TPSA) is 80.3 Å². The van der Waals surface area contributed by atoms with Gasteiger partial charge in [-0.25, -0.2) is 4.39 Å². The highest BCUT2D eigenvalue weighted by Crippen LogP contribution is 2.24. The molecule has 6 nitrogen and oxygen atoms in total. The summed E-state index contributed by atoms with van der Waals surface area (Å²) in [6, 6.07) is 13.7. The number of amides is 2. The Morgan fingerprint density at radius 1 is 1.18 bits per heavy atom. The molecule has 0 bridgehead atoms. The van der Waals surface area contributed by atoms with Crippen LogP contribution in [0.2, 0.25) is 5.02 Å². The van der Waals surface area contributed by atoms with Crippen molar-refractivity contribution in [2.45, 2.75) is 19.0 Å². The van der Waals surface area contributed by atoms with E-state index in [0.29, 0.717) is 34.1 Å². The summed E-state index contributed by atoms with van der Waals surface area (Å²) in [4.78, 5) is 29.3. The van der Waals surface area contributed by atoms with E-state index in [1.807, 2.05) is 6.26 Å². The van der Waals surface area contributed by atoms with Gasteiger partial charge in [0.2, 0.25) is 5.91 Å². The lowest BCUT2D eigenvalue weighted by Crippen LogP contribution is -2.47. The molecule has 2 aromatic carbocycles. The number of benzene rings is 2. The maximum absolute atomic E-state index is 14.5. The van der Waals surface area contributed by atoms with Gasteiger partial charge in [0.05, 0.1) is 16.8 Å². The quantitative estimate of drug-likeness (QED) is 0.428. The Hall–Kier alpha value is -3.10. The molecule has 3 rings (SSSR count). The maximum Gasteiger partial charge on any atom is 0.253 e. The third-order valence-corrected chi connectivity index (χ3v) is 5.65. The highest BCUT2D eigenvalue weighted by molar-refractivity contribution is 7.98. The first-order valence-electron chi connectivity index (χ1n) is 10.2. The standard InChI is InChI=1S/C24H23ClFN3O3S/c1-33-12-10-21(29-23(30)18-6-2-3-7-19(18)25)24(31)28-14-16-8-9-22(20(26)13-16)32-17-5-4-11-27-15-17/h2-9,11,13,15,21H,10,12,14H2,1H3,(H,28,31)(H,29,30). The molecule has 3 aromatic rings. The first-order valence-corrected chi connectivity index (χ1v) is 11.9. The Labute approximate surface area is 200 Å². The van der Waals surface area contributed by atoms with Crippen LogP contribution in [0.15, 0.2) is 67.0 Å². The average molecular weight is 488 g/mol. The van der Waals surface area contributed by atoms with Crippen LogP contribution in [0.25, 0.3) is 0 Å². The van der Waals surface area contributed by atoms with Gasteiger partial charge in [-0.1, -0.05) is 29.8 Å². The second-order valence-corrected chi connectivity index (χ2v) is 8.45. The van der Waals surface area contributed by atoms with Crippen molar-refractivity contribution < 1.29 is 18.7 Å². The Balaban J connectivity index is 1.61. The molecule has 172 valence electrons. The number of nitrogens with zero attached hydrogens (tertiary/aromatic N) is 1. The summed E-state index contributed by atoms with van der Waals surface area (Å²) in [5.74, 6) is -0.191. The second kappa shape index (κ2) is 12.2. The molecule has 0 aliphatic rings. The lowest BCUT2D eigenvalue weighted by atomic mass is 10.1. The first kappa shape index (κ1) is 24.5. The normalized spacial score (nSPS) is 11.5. The van der Waals surface area contributed by atoms with Crippen LogP contribution in [0.3, 0.4) is 0 Å². The lowest BCUT2D eigenvalue weighted by molar-refractivity contribution is -0.123. The number of carbonyl (C=O) groups excluding carboxylic acids is 2. The zero-order valence-electron chi connectivity index (χ0n) is 17.9. The molecule has 0 aliphatic carbocycles. The van der Waals surface area contributed by atoms with E-state index in [4.69, 9.17) is 16.3 Å². The summed E-state index contributed by atoms with van der Waals surface area (Å²) >= 11 is 7.66. The van der Waals surface area contributed by atoms with Crippen LogP contribution in [0, 0.1) is 5.82 Å². The smallest absolute Gasteiger partial charge is 0.253 e. The molecule has 0 spiro atoms. The summed E-state index contributed by atoms with van der Waals surface area (Å²) in [6.45, 7) is 0.0979. The molecule has 0 saturated carbocycles. The van der Waals surface area contributed by atoms with Gasteiger partial charge in [-0.3, -0.25) is 14.6 Å². The summed E-state index contributed by atoms with van der Waals surface area (Å²) < 4.78 is 19.9. The van der Waals surface area contributed by atoms with E-state index < -0.39 is 17.8 Å². The van der Waals surface area contributed by atoms with Gasteiger partial charge in [0.25, 0.3) is 5.91 Å². The van der Waals surface area contributed by atoms with Crippen molar-refractivity contribution in [1.29, 1.82) is 0 Å². The fourth-order valence-electron chi connectivity index (χ4n) is 2.97. The van der Waals surface area contributed by atoms with Crippen molar-refractivity contribution >= 4 is 35.2 Å². The van der Waals surface area contributed by atoms with Gasteiger partial charge < -0.3 is 15.4 Å². The largest absolute Gasteiger partial charge is 0.453 e. The molecule has 1 atom stereocenters. The van der Waals surface area contributed by atoms with Gasteiger partial charge in [0, 0.05) is 12.7 Å². The second-order valence-electron chi connectivity index (χ2n) is 7.06. The van der Waals surface area contributed by atoms with Crippen molar-refractivity contribution in [1.82, 2.24) is 15.6 Å². The monoisotopic (exact) mass is 487 g/mol. The van der Waals surface area contributed by atoms with Gasteiger partial charge in [-0.2, -0.15) is 11.8 Å². The fourth-order valence-corrected chi connectivity index (χ4v) is 3.66. The van der Waals surface area contributed by atoms with Crippen molar-refractivity contribution in [3.8, 4) is 11.5 Å². The van der Waals surface area contributed by atoms with Crippen LogP contribution >= 0.6 is 23.4 Å². The number of carbonyl (C=O) groups is 2. The minimum atomic E-state index is -0.751. The fraction of sp³-hybridized carbons (Fsp3) is 0.208. The van der Waals surface area contributed by atoms with Crippen LogP contribution in [-0.4, -0.2) is 34.8 Å². The van der Waals surface area contributed by atoms with Crippen molar-refractivity contribution in [2.75, 3.05) is 12.0 Å². The molecule has 0 radical (unpaired) electrons. The molecule has 0 fully saturated rings. The van der Waals surface area contributed by atoms with Gasteiger partial charge >= 0.3 is 0 Å². The Kier molecular flexibility index (Phi) is 9.09. The van der Waals surface area contributed by atoms with Gasteiger partial charge in [-0.05, 0) is 60.4 Å². The van der Waals surface area contributed by atoms with E-state index in [-0.39, 0.29) is 18.2 Å². The number of nitrogens with one attached hydrogen (secondary N) is 2. The summed E-state index contributed by atoms with van der Waals surface area (Å²) in [7, 11) is 0. The predicted molar refractivity (Wildman–Crippen MR) is 128 cm³/mol. The van der Waals surface area contributed by atoms with Crippen LogP contribution < -0.4 is 15.4 Å². The zero-order valence-corrected chi connectivity index (χ0v) is 19.5. The molecule has 0 saturated heterocycles. The number of hydrogen-bond acceptors (Lipinski definition) is 5. The van der Waals surface area contributed by atoms with E-state index in [9.17, 15) is 14.0 Å². The summed E-state index contributed by atoms with van der Waals surface area (Å²) in [6.07, 6.45) is 5.44. The predicted octanol–water partition coefficient (Wildman–Crippen LogP) is 4.83. The van der Waals surface area contributed by atoms with E-state index >= 15 is 0 Å². The summed E-state index contributed by atoms with van der Waals surface area (Å²) in [5.41, 5.74) is 0.854. The zero-order chi connectivity index (χ0) is 23.6. The number of aromatic nitrogens is 1. The maximum atomic E-state index is 14.5. The number of halogens is 2. The Bertz CT molecular complexity index is 1100. The third kappa shape index (κ3) is 7.20. The average Bonchev–Trinajstić information content (AvgIpc) is 2.82. The molecule has 9 heteroatoms. The minimum absolute atomic E-state index is 0.0583. The number of thioether (sulfide) groups is 1. The van der Waals surface area contributed by atoms with Crippen molar-refractivity contribution in [2.24, 2.45) is 0 Å². The molecule has 1 aromatic heterocycles. The van der Waals surface area contributed by atoms with E-state index in [0.717, 1.165) is 0 Å². The highest BCUT2D eigenvalue weighted by atomic mass is 35.5. The van der Waals surface area contributed by atoms with Crippen LogP contribution in [0.1, 0.15) is 22.3 Å². The molecular weight excluding hydrogens is 465 g/mol. The van der Waals surface area contributed by atoms with Crippen molar-refractivity contribution in [3.05, 3.63) is 89.0 Å². The van der Waals surface area contributed by atoms with Crippen LogP contribution in [0.4, 0.5) is 4.39 Å². The van der Waals surface area contributed by atoms with Gasteiger partial charge in [-0.15, -0.1) is 0 Å². The molecule has 0 aliphatic heterocycles. The molecule has 2 amide bonds. The summed E-state index contributed by atoms with van der Waals surface area (Å²) in [5, 5.41) is 5.81. The number of rotatable bonds is 10. The van der Waals surface area contributed by atoms with Gasteiger partial charge in [0.15, 0.2) is 11.6 Å². The lowest BCUT2D eigenvalue weighted by Gasteiger charge is -2.19. The molecule has 1 unspecified atom stereocenters. The molecular formula is C24H23ClFN3O3S. The highest BCUT2D eigenvalue weighted by Gasteiger charge is 2.22. The number of ether oxygens (including phenoxy) is 1. The molecule has 1 heterocycles. The number of pyridine rings is 1. The van der Waals surface area contributed by atoms with E-state index in [1.165, 1.54) is 18.3 Å². The Morgan fingerprint density at radius 3 is 2.70 bits per heavy atom. The SMILES string of the molecule is CSCCC(NC(=O)c1ccccc1Cl)C(=O)NCc1ccc(Oc2cccnc2)c(F)c1. The molecule has 33 heavy (non-hydrogen) atoms. The van der Waals surface area contributed by atoms with Gasteiger partial charge in [0.1, 0.15) is 11.8 Å². The minimum Gasteiger partial charge on any atom is -0.453 e. The molecule has 2 N–H and O–H groups in total. The number of hydrogen-bond donors (Lipinski definition) is 2. The first-order chi connectivity index (χ1) is 16.0. The van der Waals surface area contributed by atoms with E-state index in [2.05, 4.69) is 15.6 Å². The Morgan fingerprint density at radius 2 is 2.00 bits per heavy atom. The van der Waals surface area contributed by atoms with E-state index in [1.54, 1.807) is 60.4 Å².